The average Bonchev–Trinajstić information content (AvgIpc) is 2.42. The summed E-state index contributed by atoms with van der Waals surface area (Å²) in [4.78, 5) is 22.6. The lowest BCUT2D eigenvalue weighted by Gasteiger charge is -2.14. The van der Waals surface area contributed by atoms with Gasteiger partial charge in [0.2, 0.25) is 0 Å². The van der Waals surface area contributed by atoms with Crippen molar-refractivity contribution in [2.75, 3.05) is 13.7 Å². The van der Waals surface area contributed by atoms with Crippen LogP contribution < -0.4 is 10.1 Å². The van der Waals surface area contributed by atoms with E-state index in [1.807, 2.05) is 0 Å². The SMILES string of the molecule is COc1ccccc1C(=O)C(C)NCCCC(=O)O. The van der Waals surface area contributed by atoms with Gasteiger partial charge in [-0.2, -0.15) is 0 Å². The number of carbonyl (C=O) groups is 2. The molecule has 0 aliphatic carbocycles. The number of rotatable bonds is 8. The van der Waals surface area contributed by atoms with Gasteiger partial charge in [0.15, 0.2) is 5.78 Å². The Morgan fingerprint density at radius 1 is 1.37 bits per heavy atom. The number of ether oxygens (including phenoxy) is 1. The number of Topliss-reactive ketones (excluding diaryl/α,β-unsaturated/α-hetero) is 1. The molecule has 0 saturated carbocycles. The molecule has 104 valence electrons. The maximum atomic E-state index is 12.2. The van der Waals surface area contributed by atoms with Crippen LogP contribution in [0.25, 0.3) is 0 Å². The van der Waals surface area contributed by atoms with Crippen molar-refractivity contribution < 1.29 is 19.4 Å². The molecule has 0 aliphatic rings. The van der Waals surface area contributed by atoms with Crippen molar-refractivity contribution in [2.45, 2.75) is 25.8 Å². The van der Waals surface area contributed by atoms with Gasteiger partial charge < -0.3 is 15.2 Å². The van der Waals surface area contributed by atoms with E-state index < -0.39 is 5.97 Å². The highest BCUT2D eigenvalue weighted by Crippen LogP contribution is 2.18. The van der Waals surface area contributed by atoms with Crippen LogP contribution in [0.2, 0.25) is 0 Å². The first-order valence-electron chi connectivity index (χ1n) is 6.18. The molecular formula is C14H19NO4. The van der Waals surface area contributed by atoms with Crippen molar-refractivity contribution in [3.63, 3.8) is 0 Å². The minimum absolute atomic E-state index is 0.0622. The molecule has 0 heterocycles. The fourth-order valence-corrected chi connectivity index (χ4v) is 1.73. The molecule has 19 heavy (non-hydrogen) atoms. The number of ketones is 1. The monoisotopic (exact) mass is 265 g/mol. The molecule has 0 amide bonds. The molecular weight excluding hydrogens is 246 g/mol. The van der Waals surface area contributed by atoms with Crippen molar-refractivity contribution in [3.8, 4) is 5.75 Å². The van der Waals surface area contributed by atoms with Crippen LogP contribution in [0.4, 0.5) is 0 Å². The van der Waals surface area contributed by atoms with E-state index in [2.05, 4.69) is 5.32 Å². The molecule has 0 radical (unpaired) electrons. The summed E-state index contributed by atoms with van der Waals surface area (Å²) in [7, 11) is 1.52. The van der Waals surface area contributed by atoms with Crippen LogP contribution in [0.3, 0.4) is 0 Å². The van der Waals surface area contributed by atoms with Crippen LogP contribution in [0.1, 0.15) is 30.1 Å². The third kappa shape index (κ3) is 4.71. The highest BCUT2D eigenvalue weighted by atomic mass is 16.5. The van der Waals surface area contributed by atoms with Crippen molar-refractivity contribution >= 4 is 11.8 Å². The van der Waals surface area contributed by atoms with Crippen LogP contribution in [0.5, 0.6) is 5.75 Å². The Balaban J connectivity index is 2.54. The molecule has 2 N–H and O–H groups in total. The average molecular weight is 265 g/mol. The van der Waals surface area contributed by atoms with Gasteiger partial charge in [0.1, 0.15) is 5.75 Å². The normalized spacial score (nSPS) is 11.9. The smallest absolute Gasteiger partial charge is 0.303 e. The minimum Gasteiger partial charge on any atom is -0.496 e. The number of hydrogen-bond donors (Lipinski definition) is 2. The molecule has 1 rings (SSSR count). The molecule has 5 heteroatoms. The number of carbonyl (C=O) groups excluding carboxylic acids is 1. The second kappa shape index (κ2) is 7.53. The molecule has 0 saturated heterocycles. The van der Waals surface area contributed by atoms with Gasteiger partial charge in [-0.3, -0.25) is 9.59 Å². The minimum atomic E-state index is -0.828. The lowest BCUT2D eigenvalue weighted by atomic mass is 10.0. The largest absolute Gasteiger partial charge is 0.496 e. The van der Waals surface area contributed by atoms with Gasteiger partial charge in [0.05, 0.1) is 18.7 Å². The van der Waals surface area contributed by atoms with E-state index in [0.717, 1.165) is 0 Å². The second-order valence-corrected chi connectivity index (χ2v) is 4.24. The molecule has 0 aromatic heterocycles. The van der Waals surface area contributed by atoms with Gasteiger partial charge in [-0.15, -0.1) is 0 Å². The first-order chi connectivity index (χ1) is 9.06. The zero-order chi connectivity index (χ0) is 14.3. The first-order valence-corrected chi connectivity index (χ1v) is 6.18. The van der Waals surface area contributed by atoms with Crippen LogP contribution in [0.15, 0.2) is 24.3 Å². The number of hydrogen-bond acceptors (Lipinski definition) is 4. The van der Waals surface area contributed by atoms with E-state index in [-0.39, 0.29) is 18.2 Å². The number of benzene rings is 1. The van der Waals surface area contributed by atoms with Gasteiger partial charge in [0, 0.05) is 6.42 Å². The van der Waals surface area contributed by atoms with E-state index in [4.69, 9.17) is 9.84 Å². The Bertz CT molecular complexity index is 445. The Morgan fingerprint density at radius 2 is 2.05 bits per heavy atom. The summed E-state index contributed by atoms with van der Waals surface area (Å²) in [6.07, 6.45) is 0.599. The quantitative estimate of drug-likeness (QED) is 0.553. The van der Waals surface area contributed by atoms with Gasteiger partial charge in [-0.1, -0.05) is 12.1 Å². The van der Waals surface area contributed by atoms with E-state index in [0.29, 0.717) is 24.3 Å². The Labute approximate surface area is 112 Å². The third-order valence-electron chi connectivity index (χ3n) is 2.78. The second-order valence-electron chi connectivity index (χ2n) is 4.24. The third-order valence-corrected chi connectivity index (χ3v) is 2.78. The number of carboxylic acid groups (broad SMARTS) is 1. The molecule has 1 aromatic carbocycles. The van der Waals surface area contributed by atoms with Crippen LogP contribution in [-0.4, -0.2) is 36.6 Å². The maximum absolute atomic E-state index is 12.2. The van der Waals surface area contributed by atoms with E-state index in [1.54, 1.807) is 31.2 Å². The predicted octanol–water partition coefficient (Wildman–Crippen LogP) is 1.72. The molecule has 1 unspecified atom stereocenters. The van der Waals surface area contributed by atoms with Crippen LogP contribution in [0, 0.1) is 0 Å². The Hall–Kier alpha value is -1.88. The summed E-state index contributed by atoms with van der Waals surface area (Å²) in [5.41, 5.74) is 0.531. The molecule has 5 nitrogen and oxygen atoms in total. The highest BCUT2D eigenvalue weighted by Gasteiger charge is 2.17. The topological polar surface area (TPSA) is 75.6 Å². The number of methoxy groups -OCH3 is 1. The van der Waals surface area contributed by atoms with E-state index in [1.165, 1.54) is 7.11 Å². The fraction of sp³-hybridized carbons (Fsp3) is 0.429. The van der Waals surface area contributed by atoms with Gasteiger partial charge >= 0.3 is 5.97 Å². The number of carboxylic acids is 1. The van der Waals surface area contributed by atoms with Crippen LogP contribution in [-0.2, 0) is 4.79 Å². The van der Waals surface area contributed by atoms with Gasteiger partial charge in [-0.05, 0) is 32.0 Å². The standard InChI is InChI=1S/C14H19NO4/c1-10(15-9-5-8-13(16)17)14(18)11-6-3-4-7-12(11)19-2/h3-4,6-7,10,15H,5,8-9H2,1-2H3,(H,16,17). The molecule has 0 bridgehead atoms. The summed E-state index contributed by atoms with van der Waals surface area (Å²) in [6, 6.07) is 6.68. The highest BCUT2D eigenvalue weighted by molar-refractivity contribution is 6.02. The molecule has 0 spiro atoms. The predicted molar refractivity (Wildman–Crippen MR) is 71.7 cm³/mol. The zero-order valence-electron chi connectivity index (χ0n) is 11.2. The molecule has 0 aliphatic heterocycles. The first kappa shape index (κ1) is 15.2. The lowest BCUT2D eigenvalue weighted by molar-refractivity contribution is -0.137. The summed E-state index contributed by atoms with van der Waals surface area (Å²) in [5.74, 6) is -0.343. The molecule has 0 fully saturated rings. The molecule has 1 aromatic rings. The van der Waals surface area contributed by atoms with Crippen molar-refractivity contribution in [1.82, 2.24) is 5.32 Å². The summed E-state index contributed by atoms with van der Waals surface area (Å²) >= 11 is 0. The molecule has 1 atom stereocenters. The van der Waals surface area contributed by atoms with Crippen molar-refractivity contribution in [3.05, 3.63) is 29.8 Å². The van der Waals surface area contributed by atoms with Gasteiger partial charge in [0.25, 0.3) is 0 Å². The summed E-state index contributed by atoms with van der Waals surface area (Å²) in [6.45, 7) is 2.25. The lowest BCUT2D eigenvalue weighted by Crippen LogP contribution is -2.35. The van der Waals surface area contributed by atoms with Crippen LogP contribution >= 0.6 is 0 Å². The van der Waals surface area contributed by atoms with E-state index in [9.17, 15) is 9.59 Å². The number of aliphatic carboxylic acids is 1. The van der Waals surface area contributed by atoms with Crippen molar-refractivity contribution in [2.24, 2.45) is 0 Å². The summed E-state index contributed by atoms with van der Waals surface area (Å²) in [5, 5.41) is 11.5. The zero-order valence-corrected chi connectivity index (χ0v) is 11.2. The Kier molecular flexibility index (Phi) is 6.02. The maximum Gasteiger partial charge on any atom is 0.303 e. The van der Waals surface area contributed by atoms with Crippen molar-refractivity contribution in [1.29, 1.82) is 0 Å². The van der Waals surface area contributed by atoms with Gasteiger partial charge in [-0.25, -0.2) is 0 Å². The summed E-state index contributed by atoms with van der Waals surface area (Å²) < 4.78 is 5.15. The number of nitrogens with one attached hydrogen (secondary N) is 1. The van der Waals surface area contributed by atoms with E-state index >= 15 is 0 Å². The fourth-order valence-electron chi connectivity index (χ4n) is 1.73. The number of para-hydroxylation sites is 1. The Morgan fingerprint density at radius 3 is 2.68 bits per heavy atom.